The first-order valence-electron chi connectivity index (χ1n) is 13.7. The standard InChI is InChI=1S/C32H40O8/c1-3-4-5-8-23(16-27(35)19-26(34)12-10-21-11-13-28(36)30(15-21)39-2)24-17-29(37)32(38)31(18-24)40-20-22-7-6-9-25(33)14-22/h6-7,9,11,13-15,17-18,23,27,33,35-38H,3-5,8,10,12,16,19-20H2,1-2H3. The fourth-order valence-corrected chi connectivity index (χ4v) is 4.77. The molecule has 8 heteroatoms. The number of aliphatic hydroxyl groups is 1. The van der Waals surface area contributed by atoms with Crippen LogP contribution < -0.4 is 9.47 Å². The summed E-state index contributed by atoms with van der Waals surface area (Å²) in [6.07, 6.45) is 3.84. The second-order valence-electron chi connectivity index (χ2n) is 10.2. The molecule has 0 aromatic heterocycles. The van der Waals surface area contributed by atoms with E-state index in [1.807, 2.05) is 0 Å². The molecular weight excluding hydrogens is 512 g/mol. The van der Waals surface area contributed by atoms with Crippen LogP contribution in [0.2, 0.25) is 0 Å². The Hall–Kier alpha value is -3.91. The molecule has 0 bridgehead atoms. The van der Waals surface area contributed by atoms with Crippen molar-refractivity contribution in [2.45, 2.75) is 76.9 Å². The van der Waals surface area contributed by atoms with Gasteiger partial charge in [-0.25, -0.2) is 0 Å². The van der Waals surface area contributed by atoms with E-state index in [0.717, 1.165) is 31.2 Å². The van der Waals surface area contributed by atoms with Gasteiger partial charge in [-0.1, -0.05) is 44.4 Å². The first-order chi connectivity index (χ1) is 19.2. The maximum absolute atomic E-state index is 12.7. The van der Waals surface area contributed by atoms with E-state index < -0.39 is 6.10 Å². The molecule has 3 rings (SSSR count). The minimum Gasteiger partial charge on any atom is -0.508 e. The zero-order valence-electron chi connectivity index (χ0n) is 23.2. The molecule has 0 saturated heterocycles. The van der Waals surface area contributed by atoms with Crippen LogP contribution in [0.1, 0.15) is 74.5 Å². The van der Waals surface area contributed by atoms with Crippen LogP contribution in [0.3, 0.4) is 0 Å². The van der Waals surface area contributed by atoms with Gasteiger partial charge in [-0.05, 0) is 78.3 Å². The molecule has 0 aliphatic carbocycles. The molecule has 0 aliphatic heterocycles. The van der Waals surface area contributed by atoms with Crippen LogP contribution in [0.5, 0.6) is 34.5 Å². The van der Waals surface area contributed by atoms with E-state index in [-0.39, 0.29) is 59.9 Å². The Balaban J connectivity index is 1.67. The summed E-state index contributed by atoms with van der Waals surface area (Å²) < 4.78 is 10.9. The molecule has 3 aromatic carbocycles. The number of hydrogen-bond acceptors (Lipinski definition) is 8. The zero-order valence-corrected chi connectivity index (χ0v) is 23.2. The summed E-state index contributed by atoms with van der Waals surface area (Å²) in [5, 5.41) is 51.2. The smallest absolute Gasteiger partial charge is 0.200 e. The molecule has 0 radical (unpaired) electrons. The molecule has 0 heterocycles. The molecule has 0 saturated carbocycles. The van der Waals surface area contributed by atoms with Crippen molar-refractivity contribution in [3.63, 3.8) is 0 Å². The molecule has 0 aliphatic rings. The van der Waals surface area contributed by atoms with Crippen molar-refractivity contribution < 1.29 is 39.8 Å². The minimum atomic E-state index is -0.874. The SMILES string of the molecule is CCCCCC(CC(O)CC(=O)CCc1ccc(O)c(OC)c1)c1cc(O)c(O)c(OCc2cccc(O)c2)c1. The van der Waals surface area contributed by atoms with Crippen LogP contribution in [-0.2, 0) is 17.8 Å². The molecule has 0 spiro atoms. The van der Waals surface area contributed by atoms with E-state index in [2.05, 4.69) is 6.92 Å². The lowest BCUT2D eigenvalue weighted by atomic mass is 9.86. The Labute approximate surface area is 235 Å². The number of rotatable bonds is 16. The predicted molar refractivity (Wildman–Crippen MR) is 152 cm³/mol. The van der Waals surface area contributed by atoms with E-state index >= 15 is 0 Å². The van der Waals surface area contributed by atoms with Gasteiger partial charge in [-0.3, -0.25) is 4.79 Å². The van der Waals surface area contributed by atoms with Crippen molar-refractivity contribution in [2.75, 3.05) is 7.11 Å². The molecule has 0 fully saturated rings. The molecular formula is C32H40O8. The van der Waals surface area contributed by atoms with E-state index in [1.165, 1.54) is 19.2 Å². The molecule has 2 unspecified atom stereocenters. The third kappa shape index (κ3) is 9.09. The first-order valence-corrected chi connectivity index (χ1v) is 13.7. The number of aryl methyl sites for hydroxylation is 1. The highest BCUT2D eigenvalue weighted by molar-refractivity contribution is 5.79. The monoisotopic (exact) mass is 552 g/mol. The van der Waals surface area contributed by atoms with Crippen molar-refractivity contribution in [3.8, 4) is 34.5 Å². The molecule has 0 amide bonds. The summed E-state index contributed by atoms with van der Waals surface area (Å²) in [5.74, 6) is -0.340. The van der Waals surface area contributed by atoms with Crippen LogP contribution in [0.25, 0.3) is 0 Å². The average molecular weight is 553 g/mol. The number of ether oxygens (including phenoxy) is 2. The lowest BCUT2D eigenvalue weighted by Crippen LogP contribution is -2.18. The van der Waals surface area contributed by atoms with Crippen LogP contribution in [-0.4, -0.2) is 44.5 Å². The molecule has 40 heavy (non-hydrogen) atoms. The number of benzene rings is 3. The van der Waals surface area contributed by atoms with Gasteiger partial charge in [0.1, 0.15) is 18.1 Å². The van der Waals surface area contributed by atoms with Crippen LogP contribution >= 0.6 is 0 Å². The van der Waals surface area contributed by atoms with Crippen molar-refractivity contribution in [1.82, 2.24) is 0 Å². The topological polar surface area (TPSA) is 137 Å². The van der Waals surface area contributed by atoms with E-state index in [4.69, 9.17) is 9.47 Å². The quantitative estimate of drug-likeness (QED) is 0.106. The van der Waals surface area contributed by atoms with Gasteiger partial charge in [0.25, 0.3) is 0 Å². The number of aromatic hydroxyl groups is 4. The van der Waals surface area contributed by atoms with E-state index in [0.29, 0.717) is 29.7 Å². The second kappa shape index (κ2) is 15.0. The number of unbranched alkanes of at least 4 members (excludes halogenated alkanes) is 2. The van der Waals surface area contributed by atoms with Gasteiger partial charge >= 0.3 is 0 Å². The van der Waals surface area contributed by atoms with Crippen molar-refractivity contribution in [2.24, 2.45) is 0 Å². The van der Waals surface area contributed by atoms with Crippen molar-refractivity contribution >= 4 is 5.78 Å². The Morgan fingerprint density at radius 1 is 0.900 bits per heavy atom. The number of phenols is 4. The van der Waals surface area contributed by atoms with Gasteiger partial charge in [0, 0.05) is 12.8 Å². The molecule has 2 atom stereocenters. The maximum Gasteiger partial charge on any atom is 0.200 e. The number of ketones is 1. The van der Waals surface area contributed by atoms with E-state index in [1.54, 1.807) is 42.5 Å². The third-order valence-electron chi connectivity index (χ3n) is 6.97. The summed E-state index contributed by atoms with van der Waals surface area (Å²) in [6, 6.07) is 14.7. The fourth-order valence-electron chi connectivity index (χ4n) is 4.77. The van der Waals surface area contributed by atoms with Crippen LogP contribution in [0, 0.1) is 0 Å². The van der Waals surface area contributed by atoms with Crippen LogP contribution in [0.15, 0.2) is 54.6 Å². The van der Waals surface area contributed by atoms with Gasteiger partial charge in [-0.2, -0.15) is 0 Å². The highest BCUT2D eigenvalue weighted by Crippen LogP contribution is 2.41. The third-order valence-corrected chi connectivity index (χ3v) is 6.97. The number of phenolic OH excluding ortho intramolecular Hbond substituents is 4. The Kier molecular flexibility index (Phi) is 11.5. The zero-order chi connectivity index (χ0) is 29.1. The molecule has 3 aromatic rings. The highest BCUT2D eigenvalue weighted by Gasteiger charge is 2.22. The summed E-state index contributed by atoms with van der Waals surface area (Å²) >= 11 is 0. The van der Waals surface area contributed by atoms with Gasteiger partial charge in [-0.15, -0.1) is 0 Å². The second-order valence-corrected chi connectivity index (χ2v) is 10.2. The van der Waals surface area contributed by atoms with Crippen molar-refractivity contribution in [1.29, 1.82) is 0 Å². The lowest BCUT2D eigenvalue weighted by Gasteiger charge is -2.22. The largest absolute Gasteiger partial charge is 0.508 e. The van der Waals surface area contributed by atoms with Crippen LogP contribution in [0.4, 0.5) is 0 Å². The van der Waals surface area contributed by atoms with Gasteiger partial charge in [0.2, 0.25) is 5.75 Å². The number of Topliss-reactive ketones (excluding diaryl/α,β-unsaturated/α-hetero) is 1. The Morgan fingerprint density at radius 3 is 2.42 bits per heavy atom. The Bertz CT molecular complexity index is 1260. The number of methoxy groups -OCH3 is 1. The first kappa shape index (κ1) is 30.6. The van der Waals surface area contributed by atoms with E-state index in [9.17, 15) is 30.3 Å². The predicted octanol–water partition coefficient (Wildman–Crippen LogP) is 6.10. The molecule has 216 valence electrons. The molecule has 5 N–H and O–H groups in total. The normalized spacial score (nSPS) is 12.6. The van der Waals surface area contributed by atoms with Gasteiger partial charge in [0.05, 0.1) is 13.2 Å². The average Bonchev–Trinajstić information content (AvgIpc) is 2.93. The van der Waals surface area contributed by atoms with Gasteiger partial charge in [0.15, 0.2) is 23.0 Å². The number of carbonyl (C=O) groups is 1. The summed E-state index contributed by atoms with van der Waals surface area (Å²) in [6.45, 7) is 2.18. The number of hydrogen-bond donors (Lipinski definition) is 5. The molecule has 8 nitrogen and oxygen atoms in total. The summed E-state index contributed by atoms with van der Waals surface area (Å²) in [7, 11) is 1.47. The summed E-state index contributed by atoms with van der Waals surface area (Å²) in [5.41, 5.74) is 2.26. The highest BCUT2D eigenvalue weighted by atomic mass is 16.5. The fraction of sp³-hybridized carbons (Fsp3) is 0.406. The summed E-state index contributed by atoms with van der Waals surface area (Å²) in [4.78, 5) is 12.7. The van der Waals surface area contributed by atoms with Crippen molar-refractivity contribution in [3.05, 3.63) is 71.3 Å². The minimum absolute atomic E-state index is 0.00438. The maximum atomic E-state index is 12.7. The number of aliphatic hydroxyl groups excluding tert-OH is 1. The van der Waals surface area contributed by atoms with Gasteiger partial charge < -0.3 is 35.0 Å². The Morgan fingerprint density at radius 2 is 1.70 bits per heavy atom. The lowest BCUT2D eigenvalue weighted by molar-refractivity contribution is -0.121. The number of carbonyl (C=O) groups excluding carboxylic acids is 1.